The summed E-state index contributed by atoms with van der Waals surface area (Å²) in [6, 6.07) is 7.82. The standard InChI is InChI=1S/C19H9FN2O2S2/c20-14-3-1-2-11(6-14)4-5-12-9-21-10-13-7-15(24-17(12)13)8-16-18(23)22-19(25)26-16/h1-3,6-10H,(H,22,23,25). The van der Waals surface area contributed by atoms with Gasteiger partial charge in [0.05, 0.1) is 10.5 Å². The van der Waals surface area contributed by atoms with Gasteiger partial charge in [0.1, 0.15) is 15.9 Å². The van der Waals surface area contributed by atoms with Gasteiger partial charge in [-0.25, -0.2) is 4.39 Å². The van der Waals surface area contributed by atoms with E-state index in [1.54, 1.807) is 36.7 Å². The lowest BCUT2D eigenvalue weighted by Crippen LogP contribution is -2.17. The van der Waals surface area contributed by atoms with Crippen molar-refractivity contribution in [1.82, 2.24) is 10.3 Å². The van der Waals surface area contributed by atoms with E-state index in [2.05, 4.69) is 22.1 Å². The van der Waals surface area contributed by atoms with Gasteiger partial charge in [0.2, 0.25) is 0 Å². The summed E-state index contributed by atoms with van der Waals surface area (Å²) >= 11 is 6.15. The first-order valence-corrected chi connectivity index (χ1v) is 8.71. The molecule has 0 spiro atoms. The molecule has 1 aliphatic rings. The molecule has 4 rings (SSSR count). The smallest absolute Gasteiger partial charge is 0.263 e. The summed E-state index contributed by atoms with van der Waals surface area (Å²) < 4.78 is 19.5. The molecular formula is C19H9FN2O2S2. The van der Waals surface area contributed by atoms with Crippen molar-refractivity contribution < 1.29 is 13.6 Å². The Morgan fingerprint density at radius 2 is 2.15 bits per heavy atom. The molecule has 1 saturated heterocycles. The summed E-state index contributed by atoms with van der Waals surface area (Å²) in [5.41, 5.74) is 1.70. The second-order valence-electron chi connectivity index (χ2n) is 5.37. The molecule has 0 bridgehead atoms. The number of hydrogen-bond donors (Lipinski definition) is 1. The van der Waals surface area contributed by atoms with Crippen LogP contribution >= 0.6 is 24.0 Å². The molecule has 7 heteroatoms. The van der Waals surface area contributed by atoms with Gasteiger partial charge < -0.3 is 9.73 Å². The van der Waals surface area contributed by atoms with E-state index in [1.165, 1.54) is 23.9 Å². The summed E-state index contributed by atoms with van der Waals surface area (Å²) in [4.78, 5) is 16.4. The molecule has 0 aliphatic carbocycles. The first kappa shape index (κ1) is 16.5. The van der Waals surface area contributed by atoms with Crippen molar-refractivity contribution in [1.29, 1.82) is 0 Å². The Morgan fingerprint density at radius 1 is 1.27 bits per heavy atom. The number of thioether (sulfide) groups is 1. The molecule has 0 unspecified atom stereocenters. The lowest BCUT2D eigenvalue weighted by Gasteiger charge is -1.93. The number of halogens is 1. The molecule has 1 aliphatic heterocycles. The van der Waals surface area contributed by atoms with Crippen molar-refractivity contribution in [3.05, 3.63) is 70.3 Å². The molecule has 126 valence electrons. The SMILES string of the molecule is O=C1NC(=S)SC1=Cc1cc2cncc(C#Cc3cccc(F)c3)c2o1. The van der Waals surface area contributed by atoms with Gasteiger partial charge >= 0.3 is 0 Å². The number of carbonyl (C=O) groups is 1. The van der Waals surface area contributed by atoms with E-state index in [9.17, 15) is 9.18 Å². The van der Waals surface area contributed by atoms with Crippen LogP contribution in [0.3, 0.4) is 0 Å². The predicted octanol–water partition coefficient (Wildman–Crippen LogP) is 3.86. The van der Waals surface area contributed by atoms with E-state index < -0.39 is 0 Å². The van der Waals surface area contributed by atoms with Crippen LogP contribution in [0.25, 0.3) is 17.0 Å². The van der Waals surface area contributed by atoms with E-state index >= 15 is 0 Å². The maximum absolute atomic E-state index is 13.3. The summed E-state index contributed by atoms with van der Waals surface area (Å²) in [6.45, 7) is 0. The second-order valence-corrected chi connectivity index (χ2v) is 7.09. The van der Waals surface area contributed by atoms with Crippen molar-refractivity contribution in [3.8, 4) is 11.8 Å². The molecule has 2 aromatic heterocycles. The highest BCUT2D eigenvalue weighted by Crippen LogP contribution is 2.29. The Kier molecular flexibility index (Phi) is 4.29. The number of nitrogens with zero attached hydrogens (tertiary/aromatic N) is 1. The van der Waals surface area contributed by atoms with Gasteiger partial charge in [0, 0.05) is 29.4 Å². The van der Waals surface area contributed by atoms with E-state index in [1.807, 2.05) is 0 Å². The van der Waals surface area contributed by atoms with Crippen LogP contribution in [0.15, 0.2) is 52.0 Å². The number of rotatable bonds is 1. The second kappa shape index (κ2) is 6.75. The third-order valence-corrected chi connectivity index (χ3v) is 4.69. The van der Waals surface area contributed by atoms with Crippen molar-refractivity contribution in [3.63, 3.8) is 0 Å². The molecule has 1 N–H and O–H groups in total. The van der Waals surface area contributed by atoms with Crippen molar-refractivity contribution in [2.24, 2.45) is 0 Å². The van der Waals surface area contributed by atoms with Crippen LogP contribution < -0.4 is 5.32 Å². The fraction of sp³-hybridized carbons (Fsp3) is 0. The molecule has 1 fully saturated rings. The minimum Gasteiger partial charge on any atom is -0.455 e. The number of amides is 1. The Morgan fingerprint density at radius 3 is 2.92 bits per heavy atom. The Balaban J connectivity index is 1.72. The van der Waals surface area contributed by atoms with Crippen molar-refractivity contribution in [2.75, 3.05) is 0 Å². The third kappa shape index (κ3) is 3.38. The highest BCUT2D eigenvalue weighted by Gasteiger charge is 2.22. The molecular weight excluding hydrogens is 371 g/mol. The third-order valence-electron chi connectivity index (χ3n) is 3.52. The first-order valence-electron chi connectivity index (χ1n) is 7.48. The number of hydrogen-bond acceptors (Lipinski definition) is 5. The topological polar surface area (TPSA) is 55.1 Å². The van der Waals surface area contributed by atoms with Gasteiger partial charge in [-0.1, -0.05) is 41.9 Å². The number of nitrogens with one attached hydrogen (secondary N) is 1. The predicted molar refractivity (Wildman–Crippen MR) is 103 cm³/mol. The number of benzene rings is 1. The van der Waals surface area contributed by atoms with Gasteiger partial charge in [-0.15, -0.1) is 0 Å². The van der Waals surface area contributed by atoms with Crippen LogP contribution in [0.2, 0.25) is 0 Å². The van der Waals surface area contributed by atoms with Gasteiger partial charge in [-0.05, 0) is 24.3 Å². The number of furan rings is 1. The van der Waals surface area contributed by atoms with Crippen LogP contribution in [-0.2, 0) is 4.79 Å². The maximum atomic E-state index is 13.3. The van der Waals surface area contributed by atoms with Crippen LogP contribution in [0, 0.1) is 17.7 Å². The van der Waals surface area contributed by atoms with E-state index in [0.717, 1.165) is 5.39 Å². The molecule has 0 saturated carbocycles. The Labute approximate surface area is 157 Å². The summed E-state index contributed by atoms with van der Waals surface area (Å²) in [5.74, 6) is 5.77. The summed E-state index contributed by atoms with van der Waals surface area (Å²) in [5, 5.41) is 3.31. The molecule has 26 heavy (non-hydrogen) atoms. The summed E-state index contributed by atoms with van der Waals surface area (Å²) in [7, 11) is 0. The van der Waals surface area contributed by atoms with Gasteiger partial charge in [0.15, 0.2) is 5.58 Å². The van der Waals surface area contributed by atoms with Crippen molar-refractivity contribution >= 4 is 51.3 Å². The van der Waals surface area contributed by atoms with Crippen LogP contribution in [0.5, 0.6) is 0 Å². The monoisotopic (exact) mass is 380 g/mol. The van der Waals surface area contributed by atoms with Gasteiger partial charge in [-0.3, -0.25) is 9.78 Å². The number of pyridine rings is 1. The largest absolute Gasteiger partial charge is 0.455 e. The Hall–Kier alpha value is -2.95. The number of fused-ring (bicyclic) bond motifs is 1. The lowest BCUT2D eigenvalue weighted by atomic mass is 10.2. The zero-order valence-electron chi connectivity index (χ0n) is 13.1. The van der Waals surface area contributed by atoms with Crippen molar-refractivity contribution in [2.45, 2.75) is 0 Å². The highest BCUT2D eigenvalue weighted by atomic mass is 32.2. The number of aromatic nitrogens is 1. The first-order chi connectivity index (χ1) is 12.6. The van der Waals surface area contributed by atoms with Gasteiger partial charge in [-0.2, -0.15) is 0 Å². The quantitative estimate of drug-likeness (QED) is 0.395. The minimum atomic E-state index is -0.342. The molecule has 4 nitrogen and oxygen atoms in total. The van der Waals surface area contributed by atoms with Crippen LogP contribution in [0.4, 0.5) is 4.39 Å². The Bertz CT molecular complexity index is 1160. The zero-order chi connectivity index (χ0) is 18.1. The summed E-state index contributed by atoms with van der Waals surface area (Å²) in [6.07, 6.45) is 4.87. The highest BCUT2D eigenvalue weighted by molar-refractivity contribution is 8.26. The molecule has 0 radical (unpaired) electrons. The zero-order valence-corrected chi connectivity index (χ0v) is 14.7. The molecule has 0 atom stereocenters. The fourth-order valence-electron chi connectivity index (χ4n) is 2.40. The number of thiocarbonyl (C=S) groups is 1. The molecule has 3 aromatic rings. The van der Waals surface area contributed by atoms with E-state index in [4.69, 9.17) is 16.6 Å². The van der Waals surface area contributed by atoms with Crippen LogP contribution in [0.1, 0.15) is 16.9 Å². The maximum Gasteiger partial charge on any atom is 0.263 e. The average Bonchev–Trinajstić information content (AvgIpc) is 3.15. The van der Waals surface area contributed by atoms with Crippen LogP contribution in [-0.4, -0.2) is 15.2 Å². The normalized spacial score (nSPS) is 15.2. The number of carbonyl (C=O) groups excluding carboxylic acids is 1. The van der Waals surface area contributed by atoms with Gasteiger partial charge in [0.25, 0.3) is 5.91 Å². The van der Waals surface area contributed by atoms with E-state index in [0.29, 0.717) is 31.7 Å². The minimum absolute atomic E-state index is 0.246. The molecule has 3 heterocycles. The lowest BCUT2D eigenvalue weighted by molar-refractivity contribution is -0.115. The average molecular weight is 380 g/mol. The molecule has 1 amide bonds. The van der Waals surface area contributed by atoms with E-state index in [-0.39, 0.29) is 11.7 Å². The molecule has 1 aromatic carbocycles. The fourth-order valence-corrected chi connectivity index (χ4v) is 3.42.